The van der Waals surface area contributed by atoms with Gasteiger partial charge >= 0.3 is 0 Å². The summed E-state index contributed by atoms with van der Waals surface area (Å²) in [5.74, 6) is 0.338. The van der Waals surface area contributed by atoms with E-state index in [0.29, 0.717) is 5.82 Å². The molecule has 0 radical (unpaired) electrons. The van der Waals surface area contributed by atoms with Crippen molar-refractivity contribution in [1.82, 2.24) is 9.97 Å². The second-order valence-electron chi connectivity index (χ2n) is 6.14. The molecule has 3 rings (SSSR count). The van der Waals surface area contributed by atoms with Crippen molar-refractivity contribution in [3.05, 3.63) is 77.2 Å². The normalized spacial score (nSPS) is 10.4. The molecule has 0 aliphatic heterocycles. The van der Waals surface area contributed by atoms with Crippen LogP contribution in [-0.2, 0) is 6.42 Å². The van der Waals surface area contributed by atoms with E-state index >= 15 is 0 Å². The van der Waals surface area contributed by atoms with Gasteiger partial charge in [-0.15, -0.1) is 0 Å². The van der Waals surface area contributed by atoms with Crippen LogP contribution in [0.3, 0.4) is 0 Å². The number of rotatable bonds is 5. The molecule has 132 valence electrons. The number of nitrogens with one attached hydrogen (secondary N) is 2. The van der Waals surface area contributed by atoms with Crippen molar-refractivity contribution in [2.45, 2.75) is 27.2 Å². The predicted molar refractivity (Wildman–Crippen MR) is 105 cm³/mol. The van der Waals surface area contributed by atoms with Gasteiger partial charge in [0.15, 0.2) is 0 Å². The molecule has 0 bridgehead atoms. The SMILES string of the molecule is CCc1cccc(C)c1NC(=O)c1cnc(Nc2ccccc2C)cn1. The summed E-state index contributed by atoms with van der Waals surface area (Å²) in [5.41, 5.74) is 5.34. The van der Waals surface area contributed by atoms with E-state index < -0.39 is 0 Å². The van der Waals surface area contributed by atoms with Crippen LogP contribution in [0.4, 0.5) is 17.2 Å². The van der Waals surface area contributed by atoms with Gasteiger partial charge in [0, 0.05) is 11.4 Å². The Morgan fingerprint density at radius 2 is 1.73 bits per heavy atom. The van der Waals surface area contributed by atoms with Crippen LogP contribution in [0, 0.1) is 13.8 Å². The zero-order chi connectivity index (χ0) is 18.5. The van der Waals surface area contributed by atoms with E-state index in [-0.39, 0.29) is 11.6 Å². The molecular formula is C21H22N4O. The zero-order valence-electron chi connectivity index (χ0n) is 15.2. The Labute approximate surface area is 153 Å². The fourth-order valence-corrected chi connectivity index (χ4v) is 2.74. The summed E-state index contributed by atoms with van der Waals surface area (Å²) >= 11 is 0. The number of hydrogen-bond acceptors (Lipinski definition) is 4. The summed E-state index contributed by atoms with van der Waals surface area (Å²) < 4.78 is 0. The lowest BCUT2D eigenvalue weighted by Crippen LogP contribution is -2.16. The quantitative estimate of drug-likeness (QED) is 0.705. The van der Waals surface area contributed by atoms with Crippen LogP contribution < -0.4 is 10.6 Å². The third-order valence-corrected chi connectivity index (χ3v) is 4.27. The van der Waals surface area contributed by atoms with E-state index in [1.807, 2.05) is 56.3 Å². The number of aromatic nitrogens is 2. The maximum atomic E-state index is 12.5. The van der Waals surface area contributed by atoms with Crippen molar-refractivity contribution < 1.29 is 4.79 Å². The Balaban J connectivity index is 1.75. The third kappa shape index (κ3) is 3.88. The standard InChI is InChI=1S/C21H22N4O/c1-4-16-10-7-9-15(3)20(16)25-21(26)18-12-23-19(13-22-18)24-17-11-6-5-8-14(17)2/h5-13H,4H2,1-3H3,(H,23,24)(H,25,26). The molecule has 26 heavy (non-hydrogen) atoms. The molecule has 0 atom stereocenters. The third-order valence-electron chi connectivity index (χ3n) is 4.27. The molecular weight excluding hydrogens is 324 g/mol. The van der Waals surface area contributed by atoms with Crippen LogP contribution >= 0.6 is 0 Å². The van der Waals surface area contributed by atoms with Crippen molar-refractivity contribution in [3.63, 3.8) is 0 Å². The molecule has 0 saturated carbocycles. The molecule has 5 nitrogen and oxygen atoms in total. The molecule has 0 saturated heterocycles. The number of anilines is 3. The highest BCUT2D eigenvalue weighted by Gasteiger charge is 2.12. The van der Waals surface area contributed by atoms with E-state index in [0.717, 1.165) is 34.5 Å². The molecule has 2 N–H and O–H groups in total. The number of carbonyl (C=O) groups excluding carboxylic acids is 1. The molecule has 1 heterocycles. The van der Waals surface area contributed by atoms with Crippen LogP contribution in [0.2, 0.25) is 0 Å². The Bertz CT molecular complexity index is 920. The van der Waals surface area contributed by atoms with Crippen LogP contribution in [0.5, 0.6) is 0 Å². The number of aryl methyl sites for hydroxylation is 3. The zero-order valence-corrected chi connectivity index (χ0v) is 15.2. The fourth-order valence-electron chi connectivity index (χ4n) is 2.74. The maximum Gasteiger partial charge on any atom is 0.275 e. The van der Waals surface area contributed by atoms with Gasteiger partial charge in [0.05, 0.1) is 12.4 Å². The first-order valence-electron chi connectivity index (χ1n) is 8.63. The molecule has 2 aromatic carbocycles. The van der Waals surface area contributed by atoms with Gasteiger partial charge in [-0.05, 0) is 43.0 Å². The van der Waals surface area contributed by atoms with E-state index in [1.54, 1.807) is 6.20 Å². The Morgan fingerprint density at radius 3 is 2.42 bits per heavy atom. The maximum absolute atomic E-state index is 12.5. The second kappa shape index (κ2) is 7.78. The van der Waals surface area contributed by atoms with Crippen LogP contribution in [0.15, 0.2) is 54.9 Å². The summed E-state index contributed by atoms with van der Waals surface area (Å²) in [5, 5.41) is 6.17. The fraction of sp³-hybridized carbons (Fsp3) is 0.190. The van der Waals surface area contributed by atoms with Gasteiger partial charge in [0.25, 0.3) is 5.91 Å². The van der Waals surface area contributed by atoms with Crippen molar-refractivity contribution in [3.8, 4) is 0 Å². The molecule has 5 heteroatoms. The molecule has 0 aliphatic rings. The first-order chi connectivity index (χ1) is 12.6. The average Bonchev–Trinajstić information content (AvgIpc) is 2.65. The van der Waals surface area contributed by atoms with E-state index in [9.17, 15) is 4.79 Å². The van der Waals surface area contributed by atoms with Gasteiger partial charge in [-0.2, -0.15) is 0 Å². The van der Waals surface area contributed by atoms with Crippen LogP contribution in [0.1, 0.15) is 34.1 Å². The smallest absolute Gasteiger partial charge is 0.275 e. The number of para-hydroxylation sites is 2. The first-order valence-corrected chi connectivity index (χ1v) is 8.63. The van der Waals surface area contributed by atoms with Gasteiger partial charge in [0.2, 0.25) is 0 Å². The number of amides is 1. The summed E-state index contributed by atoms with van der Waals surface area (Å²) in [6.07, 6.45) is 3.90. The minimum absolute atomic E-state index is 0.260. The van der Waals surface area contributed by atoms with Crippen molar-refractivity contribution in [1.29, 1.82) is 0 Å². The highest BCUT2D eigenvalue weighted by atomic mass is 16.1. The monoisotopic (exact) mass is 346 g/mol. The number of hydrogen-bond donors (Lipinski definition) is 2. The average molecular weight is 346 g/mol. The highest BCUT2D eigenvalue weighted by molar-refractivity contribution is 6.03. The molecule has 1 amide bonds. The lowest BCUT2D eigenvalue weighted by Gasteiger charge is -2.13. The second-order valence-corrected chi connectivity index (χ2v) is 6.14. The topological polar surface area (TPSA) is 66.9 Å². The number of nitrogens with zero attached hydrogens (tertiary/aromatic N) is 2. The van der Waals surface area contributed by atoms with Crippen molar-refractivity contribution in [2.24, 2.45) is 0 Å². The summed E-state index contributed by atoms with van der Waals surface area (Å²) in [4.78, 5) is 21.1. The molecule has 0 spiro atoms. The lowest BCUT2D eigenvalue weighted by atomic mass is 10.1. The summed E-state index contributed by atoms with van der Waals surface area (Å²) in [7, 11) is 0. The first kappa shape index (κ1) is 17.6. The van der Waals surface area contributed by atoms with Gasteiger partial charge in [-0.3, -0.25) is 4.79 Å². The van der Waals surface area contributed by atoms with Gasteiger partial charge in [0.1, 0.15) is 11.5 Å². The van der Waals surface area contributed by atoms with Crippen molar-refractivity contribution in [2.75, 3.05) is 10.6 Å². The van der Waals surface area contributed by atoms with Crippen LogP contribution in [-0.4, -0.2) is 15.9 Å². The number of carbonyl (C=O) groups is 1. The minimum Gasteiger partial charge on any atom is -0.339 e. The summed E-state index contributed by atoms with van der Waals surface area (Å²) in [6.45, 7) is 6.07. The van der Waals surface area contributed by atoms with Crippen molar-refractivity contribution >= 4 is 23.1 Å². The Hall–Kier alpha value is -3.21. The van der Waals surface area contributed by atoms with E-state index in [2.05, 4.69) is 27.5 Å². The van der Waals surface area contributed by atoms with Gasteiger partial charge < -0.3 is 10.6 Å². The predicted octanol–water partition coefficient (Wildman–Crippen LogP) is 4.65. The summed E-state index contributed by atoms with van der Waals surface area (Å²) in [6, 6.07) is 13.9. The van der Waals surface area contributed by atoms with E-state index in [1.165, 1.54) is 6.20 Å². The highest BCUT2D eigenvalue weighted by Crippen LogP contribution is 2.22. The van der Waals surface area contributed by atoms with E-state index in [4.69, 9.17) is 0 Å². The molecule has 1 aromatic heterocycles. The number of benzene rings is 2. The lowest BCUT2D eigenvalue weighted by molar-refractivity contribution is 0.102. The molecule has 0 unspecified atom stereocenters. The van der Waals surface area contributed by atoms with Gasteiger partial charge in [-0.25, -0.2) is 9.97 Å². The Morgan fingerprint density at radius 1 is 0.962 bits per heavy atom. The van der Waals surface area contributed by atoms with Gasteiger partial charge in [-0.1, -0.05) is 43.3 Å². The minimum atomic E-state index is -0.260. The Kier molecular flexibility index (Phi) is 5.27. The molecule has 3 aromatic rings. The molecule has 0 aliphatic carbocycles. The largest absolute Gasteiger partial charge is 0.339 e. The van der Waals surface area contributed by atoms with Crippen LogP contribution in [0.25, 0.3) is 0 Å². The molecule has 0 fully saturated rings.